The van der Waals surface area contributed by atoms with Crippen molar-refractivity contribution in [1.82, 2.24) is 9.78 Å². The van der Waals surface area contributed by atoms with Gasteiger partial charge in [-0.1, -0.05) is 0 Å². The minimum Gasteiger partial charge on any atom is -0.323 e. The zero-order valence-corrected chi connectivity index (χ0v) is 12.4. The Balaban J connectivity index is 1.98. The molecule has 0 aromatic carbocycles. The van der Waals surface area contributed by atoms with Crippen molar-refractivity contribution in [2.24, 2.45) is 12.8 Å². The van der Waals surface area contributed by atoms with E-state index in [4.69, 9.17) is 5.73 Å². The Kier molecular flexibility index (Phi) is 4.01. The fourth-order valence-corrected chi connectivity index (χ4v) is 3.37. The molecule has 5 heteroatoms. The van der Waals surface area contributed by atoms with Crippen molar-refractivity contribution in [2.75, 3.05) is 0 Å². The first kappa shape index (κ1) is 12.8. The van der Waals surface area contributed by atoms with Crippen molar-refractivity contribution >= 4 is 27.3 Å². The van der Waals surface area contributed by atoms with E-state index in [2.05, 4.69) is 34.0 Å². The zero-order valence-electron chi connectivity index (χ0n) is 9.98. The SMILES string of the molecule is Cc1cc(C(N)CCc2ccnn2C)sc1Br. The topological polar surface area (TPSA) is 43.8 Å². The zero-order chi connectivity index (χ0) is 12.4. The molecule has 17 heavy (non-hydrogen) atoms. The van der Waals surface area contributed by atoms with Crippen LogP contribution in [0.25, 0.3) is 0 Å². The lowest BCUT2D eigenvalue weighted by molar-refractivity contribution is 0.620. The van der Waals surface area contributed by atoms with Crippen LogP contribution in [0.1, 0.15) is 28.6 Å². The normalized spacial score (nSPS) is 12.9. The van der Waals surface area contributed by atoms with Gasteiger partial charge in [-0.3, -0.25) is 4.68 Å². The third-order valence-electron chi connectivity index (χ3n) is 2.88. The molecule has 0 fully saturated rings. The highest BCUT2D eigenvalue weighted by Gasteiger charge is 2.11. The standard InChI is InChI=1S/C12H16BrN3S/c1-8-7-11(17-12(8)13)10(14)4-3-9-5-6-15-16(9)2/h5-7,10H,3-4,14H2,1-2H3. The van der Waals surface area contributed by atoms with Gasteiger partial charge in [-0.15, -0.1) is 11.3 Å². The van der Waals surface area contributed by atoms with E-state index >= 15 is 0 Å². The van der Waals surface area contributed by atoms with E-state index in [1.54, 1.807) is 11.3 Å². The molecule has 2 aromatic heterocycles. The molecule has 92 valence electrons. The molecule has 2 N–H and O–H groups in total. The average molecular weight is 314 g/mol. The summed E-state index contributed by atoms with van der Waals surface area (Å²) in [4.78, 5) is 1.25. The second kappa shape index (κ2) is 5.33. The molecule has 0 amide bonds. The lowest BCUT2D eigenvalue weighted by atomic mass is 10.1. The van der Waals surface area contributed by atoms with Gasteiger partial charge in [0.05, 0.1) is 3.79 Å². The molecule has 0 saturated carbocycles. The number of aromatic nitrogens is 2. The largest absolute Gasteiger partial charge is 0.323 e. The van der Waals surface area contributed by atoms with Gasteiger partial charge < -0.3 is 5.73 Å². The van der Waals surface area contributed by atoms with Gasteiger partial charge in [-0.2, -0.15) is 5.10 Å². The molecule has 1 atom stereocenters. The molecule has 2 heterocycles. The highest BCUT2D eigenvalue weighted by molar-refractivity contribution is 9.11. The second-order valence-corrected chi connectivity index (χ2v) is 6.60. The number of halogens is 1. The maximum atomic E-state index is 6.20. The molecule has 0 aliphatic rings. The number of rotatable bonds is 4. The van der Waals surface area contributed by atoms with Crippen molar-refractivity contribution in [1.29, 1.82) is 0 Å². The first-order valence-corrected chi connectivity index (χ1v) is 7.17. The van der Waals surface area contributed by atoms with Crippen molar-refractivity contribution in [3.05, 3.63) is 38.3 Å². The van der Waals surface area contributed by atoms with Gasteiger partial charge in [0.25, 0.3) is 0 Å². The van der Waals surface area contributed by atoms with Gasteiger partial charge in [0.2, 0.25) is 0 Å². The second-order valence-electron chi connectivity index (χ2n) is 4.20. The van der Waals surface area contributed by atoms with E-state index in [-0.39, 0.29) is 6.04 Å². The van der Waals surface area contributed by atoms with Crippen LogP contribution < -0.4 is 5.73 Å². The van der Waals surface area contributed by atoms with Crippen LogP contribution in [-0.2, 0) is 13.5 Å². The van der Waals surface area contributed by atoms with Crippen LogP contribution >= 0.6 is 27.3 Å². The lowest BCUT2D eigenvalue weighted by Crippen LogP contribution is -2.11. The van der Waals surface area contributed by atoms with Crippen molar-refractivity contribution in [2.45, 2.75) is 25.8 Å². The van der Waals surface area contributed by atoms with Gasteiger partial charge in [0.1, 0.15) is 0 Å². The maximum Gasteiger partial charge on any atom is 0.0731 e. The number of thiophene rings is 1. The Hall–Kier alpha value is -0.650. The van der Waals surface area contributed by atoms with Crippen molar-refractivity contribution in [3.8, 4) is 0 Å². The predicted octanol–water partition coefficient (Wildman–Crippen LogP) is 3.19. The molecule has 0 bridgehead atoms. The minimum atomic E-state index is 0.111. The molecule has 2 rings (SSSR count). The summed E-state index contributed by atoms with van der Waals surface area (Å²) in [5.41, 5.74) is 8.70. The van der Waals surface area contributed by atoms with Crippen LogP contribution in [0.3, 0.4) is 0 Å². The van der Waals surface area contributed by atoms with Crippen molar-refractivity contribution in [3.63, 3.8) is 0 Å². The number of aryl methyl sites for hydroxylation is 3. The maximum absolute atomic E-state index is 6.20. The first-order valence-electron chi connectivity index (χ1n) is 5.56. The summed E-state index contributed by atoms with van der Waals surface area (Å²) in [5, 5.41) is 4.16. The molecule has 1 unspecified atom stereocenters. The number of nitrogens with two attached hydrogens (primary N) is 1. The lowest BCUT2D eigenvalue weighted by Gasteiger charge is -2.09. The summed E-state index contributed by atoms with van der Waals surface area (Å²) in [6.45, 7) is 2.10. The molecule has 3 nitrogen and oxygen atoms in total. The van der Waals surface area contributed by atoms with Crippen LogP contribution in [-0.4, -0.2) is 9.78 Å². The van der Waals surface area contributed by atoms with E-state index in [0.29, 0.717) is 0 Å². The monoisotopic (exact) mass is 313 g/mol. The molecular weight excluding hydrogens is 298 g/mol. The van der Waals surface area contributed by atoms with Crippen molar-refractivity contribution < 1.29 is 0 Å². The third kappa shape index (κ3) is 2.97. The van der Waals surface area contributed by atoms with E-state index in [1.807, 2.05) is 24.0 Å². The molecule has 0 spiro atoms. The summed E-state index contributed by atoms with van der Waals surface area (Å²) >= 11 is 5.27. The van der Waals surface area contributed by atoms with Crippen LogP contribution in [0.4, 0.5) is 0 Å². The van der Waals surface area contributed by atoms with Gasteiger partial charge in [-0.05, 0) is 53.4 Å². The molecule has 0 aliphatic heterocycles. The number of hydrogen-bond acceptors (Lipinski definition) is 3. The number of hydrogen-bond donors (Lipinski definition) is 1. The molecule has 0 radical (unpaired) electrons. The van der Waals surface area contributed by atoms with Crippen LogP contribution in [0.5, 0.6) is 0 Å². The fourth-order valence-electron chi connectivity index (χ4n) is 1.76. The van der Waals surface area contributed by atoms with E-state index in [9.17, 15) is 0 Å². The number of nitrogens with zero attached hydrogens (tertiary/aromatic N) is 2. The van der Waals surface area contributed by atoms with Gasteiger partial charge in [0, 0.05) is 29.9 Å². The third-order valence-corrected chi connectivity index (χ3v) is 5.14. The Morgan fingerprint density at radius 3 is 2.88 bits per heavy atom. The summed E-state index contributed by atoms with van der Waals surface area (Å²) in [6.07, 6.45) is 3.74. The van der Waals surface area contributed by atoms with Crippen LogP contribution in [0.2, 0.25) is 0 Å². The Bertz CT molecular complexity index is 484. The van der Waals surface area contributed by atoms with Gasteiger partial charge in [-0.25, -0.2) is 0 Å². The van der Waals surface area contributed by atoms with E-state index < -0.39 is 0 Å². The minimum absolute atomic E-state index is 0.111. The van der Waals surface area contributed by atoms with Gasteiger partial charge in [0.15, 0.2) is 0 Å². The molecule has 0 aliphatic carbocycles. The Morgan fingerprint density at radius 1 is 1.59 bits per heavy atom. The summed E-state index contributed by atoms with van der Waals surface area (Å²) in [5.74, 6) is 0. The molecule has 0 saturated heterocycles. The first-order chi connectivity index (χ1) is 8.08. The molecule has 2 aromatic rings. The Labute approximate surface area is 114 Å². The van der Waals surface area contributed by atoms with Gasteiger partial charge >= 0.3 is 0 Å². The highest BCUT2D eigenvalue weighted by atomic mass is 79.9. The molecular formula is C12H16BrN3S. The smallest absolute Gasteiger partial charge is 0.0731 e. The quantitative estimate of drug-likeness (QED) is 0.942. The predicted molar refractivity (Wildman–Crippen MR) is 75.2 cm³/mol. The Morgan fingerprint density at radius 2 is 2.35 bits per heavy atom. The summed E-state index contributed by atoms with van der Waals surface area (Å²) in [6, 6.07) is 4.32. The van der Waals surface area contributed by atoms with E-state index in [0.717, 1.165) is 12.8 Å². The van der Waals surface area contributed by atoms with Crippen LogP contribution in [0.15, 0.2) is 22.1 Å². The van der Waals surface area contributed by atoms with Crippen LogP contribution in [0, 0.1) is 6.92 Å². The summed E-state index contributed by atoms with van der Waals surface area (Å²) in [7, 11) is 1.97. The summed E-state index contributed by atoms with van der Waals surface area (Å²) < 4.78 is 3.09. The average Bonchev–Trinajstić information content (AvgIpc) is 2.83. The highest BCUT2D eigenvalue weighted by Crippen LogP contribution is 2.32. The fraction of sp³-hybridized carbons (Fsp3) is 0.417. The van der Waals surface area contributed by atoms with E-state index in [1.165, 1.54) is 19.9 Å².